The molecule has 0 atom stereocenters. The van der Waals surface area contributed by atoms with E-state index >= 15 is 0 Å². The Morgan fingerprint density at radius 2 is 2.20 bits per heavy atom. The van der Waals surface area contributed by atoms with Crippen LogP contribution in [0, 0.1) is 0 Å². The van der Waals surface area contributed by atoms with E-state index in [0.29, 0.717) is 5.76 Å². The number of carbonyl (C=O) groups is 2. The van der Waals surface area contributed by atoms with Crippen molar-refractivity contribution in [2.24, 2.45) is 5.73 Å². The summed E-state index contributed by atoms with van der Waals surface area (Å²) < 4.78 is 6.23. The van der Waals surface area contributed by atoms with E-state index in [1.165, 1.54) is 18.5 Å². The van der Waals surface area contributed by atoms with E-state index in [-0.39, 0.29) is 22.6 Å². The van der Waals surface area contributed by atoms with Crippen LogP contribution in [0.3, 0.4) is 0 Å². The van der Waals surface area contributed by atoms with E-state index in [4.69, 9.17) is 10.2 Å². The highest BCUT2D eigenvalue weighted by atomic mass is 16.4. The highest BCUT2D eigenvalue weighted by molar-refractivity contribution is 5.99. The molecule has 8 nitrogen and oxygen atoms in total. The number of hydrogen-bond donors (Lipinski definition) is 2. The molecule has 20 heavy (non-hydrogen) atoms. The highest BCUT2D eigenvalue weighted by Crippen LogP contribution is 2.21. The summed E-state index contributed by atoms with van der Waals surface area (Å²) in [5, 5.41) is 13.0. The number of carboxylic acids is 1. The van der Waals surface area contributed by atoms with Crippen molar-refractivity contribution >= 4 is 17.5 Å². The third-order valence-corrected chi connectivity index (χ3v) is 2.73. The molecule has 0 aromatic carbocycles. The molecule has 3 N–H and O–H groups in total. The van der Waals surface area contributed by atoms with Crippen LogP contribution in [0.15, 0.2) is 35.1 Å². The second-order valence-electron chi connectivity index (χ2n) is 3.97. The molecule has 0 aliphatic carbocycles. The van der Waals surface area contributed by atoms with E-state index in [1.807, 2.05) is 0 Å². The number of aromatic carboxylic acids is 1. The Morgan fingerprint density at radius 1 is 1.40 bits per heavy atom. The molecule has 0 saturated carbocycles. The van der Waals surface area contributed by atoms with Gasteiger partial charge in [-0.05, 0) is 12.1 Å². The van der Waals surface area contributed by atoms with Crippen LogP contribution >= 0.6 is 0 Å². The van der Waals surface area contributed by atoms with E-state index in [1.54, 1.807) is 12.1 Å². The van der Waals surface area contributed by atoms with Crippen LogP contribution < -0.4 is 5.73 Å². The molecule has 8 heteroatoms. The van der Waals surface area contributed by atoms with Crippen molar-refractivity contribution < 1.29 is 19.1 Å². The van der Waals surface area contributed by atoms with E-state index in [2.05, 4.69) is 10.1 Å². The van der Waals surface area contributed by atoms with Gasteiger partial charge in [-0.1, -0.05) is 0 Å². The van der Waals surface area contributed by atoms with Crippen molar-refractivity contribution in [3.05, 3.63) is 41.9 Å². The zero-order valence-electron chi connectivity index (χ0n) is 9.98. The van der Waals surface area contributed by atoms with Gasteiger partial charge in [0.05, 0.1) is 12.5 Å². The number of rotatable bonds is 3. The first-order valence-corrected chi connectivity index (χ1v) is 5.53. The average Bonchev–Trinajstić information content (AvgIpc) is 3.06. The zero-order chi connectivity index (χ0) is 14.3. The van der Waals surface area contributed by atoms with Gasteiger partial charge in [-0.15, -0.1) is 0 Å². The monoisotopic (exact) mass is 272 g/mol. The molecule has 0 fully saturated rings. The number of nitrogens with two attached hydrogens (primary N) is 1. The second-order valence-corrected chi connectivity index (χ2v) is 3.97. The molecule has 0 bridgehead atoms. The fraction of sp³-hybridized carbons (Fsp3) is 0. The van der Waals surface area contributed by atoms with Crippen molar-refractivity contribution in [1.82, 2.24) is 14.6 Å². The standard InChI is InChI=1S/C12H8N4O4/c13-10(17)6-5-14-16-8(12(18)19)4-7(15-11(6)16)9-2-1-3-20-9/h1-5H,(H2,13,17)(H,18,19). The summed E-state index contributed by atoms with van der Waals surface area (Å²) in [4.78, 5) is 26.8. The minimum absolute atomic E-state index is 0.0425. The van der Waals surface area contributed by atoms with Crippen molar-refractivity contribution in [1.29, 1.82) is 0 Å². The molecule has 3 aromatic rings. The van der Waals surface area contributed by atoms with Gasteiger partial charge in [0.2, 0.25) is 0 Å². The Hall–Kier alpha value is -3.16. The van der Waals surface area contributed by atoms with Crippen molar-refractivity contribution in [2.75, 3.05) is 0 Å². The Kier molecular flexibility index (Phi) is 2.50. The Bertz CT molecular complexity index is 819. The normalized spacial score (nSPS) is 10.8. The van der Waals surface area contributed by atoms with Gasteiger partial charge >= 0.3 is 5.97 Å². The molecule has 0 unspecified atom stereocenters. The molecule has 0 aliphatic heterocycles. The number of amides is 1. The number of primary amides is 1. The van der Waals surface area contributed by atoms with Crippen LogP contribution in [0.5, 0.6) is 0 Å². The van der Waals surface area contributed by atoms with E-state index in [0.717, 1.165) is 4.52 Å². The lowest BCUT2D eigenvalue weighted by Gasteiger charge is -2.03. The maximum absolute atomic E-state index is 11.3. The van der Waals surface area contributed by atoms with Gasteiger partial charge in [0.1, 0.15) is 11.3 Å². The first-order valence-electron chi connectivity index (χ1n) is 5.53. The van der Waals surface area contributed by atoms with Crippen LogP contribution in [0.1, 0.15) is 20.8 Å². The van der Waals surface area contributed by atoms with Crippen LogP contribution in [0.4, 0.5) is 0 Å². The fourth-order valence-corrected chi connectivity index (χ4v) is 1.84. The molecule has 100 valence electrons. The lowest BCUT2D eigenvalue weighted by Crippen LogP contribution is -2.13. The van der Waals surface area contributed by atoms with E-state index < -0.39 is 11.9 Å². The van der Waals surface area contributed by atoms with Gasteiger partial charge < -0.3 is 15.3 Å². The molecular formula is C12H8N4O4. The van der Waals surface area contributed by atoms with Gasteiger partial charge in [0.25, 0.3) is 5.91 Å². The van der Waals surface area contributed by atoms with Crippen LogP contribution in [-0.2, 0) is 0 Å². The van der Waals surface area contributed by atoms with Gasteiger partial charge in [0.15, 0.2) is 17.1 Å². The lowest BCUT2D eigenvalue weighted by molar-refractivity contribution is 0.0687. The minimum atomic E-state index is -1.20. The molecule has 3 heterocycles. The topological polar surface area (TPSA) is 124 Å². The summed E-state index contributed by atoms with van der Waals surface area (Å²) >= 11 is 0. The molecule has 3 aromatic heterocycles. The molecule has 0 radical (unpaired) electrons. The van der Waals surface area contributed by atoms with Crippen LogP contribution in [0.25, 0.3) is 17.1 Å². The highest BCUT2D eigenvalue weighted by Gasteiger charge is 2.19. The lowest BCUT2D eigenvalue weighted by atomic mass is 10.2. The van der Waals surface area contributed by atoms with E-state index in [9.17, 15) is 14.7 Å². The van der Waals surface area contributed by atoms with Gasteiger partial charge in [-0.2, -0.15) is 5.10 Å². The van der Waals surface area contributed by atoms with Gasteiger partial charge in [-0.25, -0.2) is 14.3 Å². The Morgan fingerprint density at radius 3 is 2.80 bits per heavy atom. The summed E-state index contributed by atoms with van der Waals surface area (Å²) in [6.45, 7) is 0. The predicted molar refractivity (Wildman–Crippen MR) is 66.2 cm³/mol. The number of aromatic nitrogens is 3. The minimum Gasteiger partial charge on any atom is -0.477 e. The van der Waals surface area contributed by atoms with Crippen LogP contribution in [-0.4, -0.2) is 31.6 Å². The summed E-state index contributed by atoms with van der Waals surface area (Å²) in [7, 11) is 0. The number of carboxylic acid groups (broad SMARTS) is 1. The third kappa shape index (κ3) is 1.70. The summed E-state index contributed by atoms with van der Waals surface area (Å²) in [5.74, 6) is -1.56. The van der Waals surface area contributed by atoms with Crippen LogP contribution in [0.2, 0.25) is 0 Å². The maximum atomic E-state index is 11.3. The molecule has 0 aliphatic rings. The molecular weight excluding hydrogens is 264 g/mol. The van der Waals surface area contributed by atoms with Gasteiger partial charge in [0, 0.05) is 6.07 Å². The first-order chi connectivity index (χ1) is 9.58. The SMILES string of the molecule is NC(=O)c1cnn2c(C(=O)O)cc(-c3ccco3)nc12. The Labute approximate surface area is 111 Å². The summed E-state index contributed by atoms with van der Waals surface area (Å²) in [6, 6.07) is 4.59. The average molecular weight is 272 g/mol. The van der Waals surface area contributed by atoms with Crippen molar-refractivity contribution in [2.45, 2.75) is 0 Å². The Balaban J connectivity index is 2.36. The third-order valence-electron chi connectivity index (χ3n) is 2.73. The maximum Gasteiger partial charge on any atom is 0.354 e. The number of hydrogen-bond acceptors (Lipinski definition) is 5. The zero-order valence-corrected chi connectivity index (χ0v) is 9.98. The van der Waals surface area contributed by atoms with Gasteiger partial charge in [-0.3, -0.25) is 4.79 Å². The summed E-state index contributed by atoms with van der Waals surface area (Å²) in [5.41, 5.74) is 5.47. The molecule has 0 saturated heterocycles. The second kappa shape index (κ2) is 4.19. The number of fused-ring (bicyclic) bond motifs is 1. The summed E-state index contributed by atoms with van der Waals surface area (Å²) in [6.07, 6.45) is 2.62. The molecule has 0 spiro atoms. The quantitative estimate of drug-likeness (QED) is 0.726. The molecule has 3 rings (SSSR count). The number of nitrogens with zero attached hydrogens (tertiary/aromatic N) is 3. The predicted octanol–water partition coefficient (Wildman–Crippen LogP) is 0.786. The largest absolute Gasteiger partial charge is 0.477 e. The number of furan rings is 1. The van der Waals surface area contributed by atoms with Crippen molar-refractivity contribution in [3.8, 4) is 11.5 Å². The van der Waals surface area contributed by atoms with Crippen molar-refractivity contribution in [3.63, 3.8) is 0 Å². The fourth-order valence-electron chi connectivity index (χ4n) is 1.84. The molecule has 1 amide bonds. The smallest absolute Gasteiger partial charge is 0.354 e. The number of carbonyl (C=O) groups excluding carboxylic acids is 1. The first kappa shape index (κ1) is 11.9.